The standard InChI is InChI=1S/C23H23N5O2/c1-4-17-10-12-18(13-11-17)24-20(29)14-27-23(30)22-21(15(2)25-27)16(3)28(26-22)19-8-6-5-7-9-19/h5-13H,4,14H2,1-3H3,(H,24,29). The maximum atomic E-state index is 13.0. The first-order valence-electron chi connectivity index (χ1n) is 9.89. The first-order valence-corrected chi connectivity index (χ1v) is 9.89. The molecule has 1 N–H and O–H groups in total. The van der Waals surface area contributed by atoms with Crippen molar-refractivity contribution in [3.63, 3.8) is 0 Å². The molecule has 0 bridgehead atoms. The summed E-state index contributed by atoms with van der Waals surface area (Å²) in [6, 6.07) is 17.3. The van der Waals surface area contributed by atoms with Gasteiger partial charge in [0.25, 0.3) is 5.56 Å². The Kier molecular flexibility index (Phi) is 5.18. The summed E-state index contributed by atoms with van der Waals surface area (Å²) >= 11 is 0. The smallest absolute Gasteiger partial charge is 0.295 e. The van der Waals surface area contributed by atoms with Gasteiger partial charge in [0, 0.05) is 5.69 Å². The van der Waals surface area contributed by atoms with Gasteiger partial charge in [-0.1, -0.05) is 37.3 Å². The molecular formula is C23H23N5O2. The van der Waals surface area contributed by atoms with Crippen molar-refractivity contribution in [3.05, 3.63) is 81.9 Å². The van der Waals surface area contributed by atoms with E-state index >= 15 is 0 Å². The number of hydrogen-bond acceptors (Lipinski definition) is 4. The number of carbonyl (C=O) groups excluding carboxylic acids is 1. The number of aromatic nitrogens is 4. The van der Waals surface area contributed by atoms with Crippen molar-refractivity contribution in [1.29, 1.82) is 0 Å². The maximum Gasteiger partial charge on any atom is 0.295 e. The summed E-state index contributed by atoms with van der Waals surface area (Å²) in [5, 5.41) is 12.4. The largest absolute Gasteiger partial charge is 0.324 e. The maximum absolute atomic E-state index is 13.0. The summed E-state index contributed by atoms with van der Waals surface area (Å²) in [5.74, 6) is -0.313. The van der Waals surface area contributed by atoms with Crippen LogP contribution in [0.3, 0.4) is 0 Å². The quantitative estimate of drug-likeness (QED) is 0.556. The van der Waals surface area contributed by atoms with Gasteiger partial charge in [-0.3, -0.25) is 9.59 Å². The average Bonchev–Trinajstić information content (AvgIpc) is 3.11. The molecule has 0 unspecified atom stereocenters. The van der Waals surface area contributed by atoms with Crippen molar-refractivity contribution in [1.82, 2.24) is 19.6 Å². The van der Waals surface area contributed by atoms with Crippen molar-refractivity contribution in [3.8, 4) is 5.69 Å². The summed E-state index contributed by atoms with van der Waals surface area (Å²) < 4.78 is 2.91. The molecule has 1 amide bonds. The molecule has 0 aliphatic carbocycles. The van der Waals surface area contributed by atoms with E-state index in [4.69, 9.17) is 0 Å². The molecular weight excluding hydrogens is 378 g/mol. The van der Waals surface area contributed by atoms with Crippen LogP contribution >= 0.6 is 0 Å². The molecule has 7 nitrogen and oxygen atoms in total. The highest BCUT2D eigenvalue weighted by atomic mass is 16.2. The fraction of sp³-hybridized carbons (Fsp3) is 0.217. The van der Waals surface area contributed by atoms with Crippen molar-refractivity contribution >= 4 is 22.5 Å². The molecule has 0 aliphatic heterocycles. The third kappa shape index (κ3) is 3.61. The van der Waals surface area contributed by atoms with E-state index < -0.39 is 0 Å². The summed E-state index contributed by atoms with van der Waals surface area (Å²) in [6.07, 6.45) is 0.932. The van der Waals surface area contributed by atoms with Crippen LogP contribution in [-0.2, 0) is 17.8 Å². The van der Waals surface area contributed by atoms with Crippen molar-refractivity contribution < 1.29 is 4.79 Å². The summed E-state index contributed by atoms with van der Waals surface area (Å²) in [4.78, 5) is 25.5. The second kappa shape index (κ2) is 7.94. The number of para-hydroxylation sites is 1. The Bertz CT molecular complexity index is 1270. The molecule has 0 aliphatic rings. The highest BCUT2D eigenvalue weighted by Crippen LogP contribution is 2.21. The van der Waals surface area contributed by atoms with Gasteiger partial charge in [-0.15, -0.1) is 0 Å². The molecule has 0 fully saturated rings. The third-order valence-electron chi connectivity index (χ3n) is 5.13. The topological polar surface area (TPSA) is 81.8 Å². The Morgan fingerprint density at radius 2 is 1.70 bits per heavy atom. The Morgan fingerprint density at radius 3 is 2.37 bits per heavy atom. The molecule has 30 heavy (non-hydrogen) atoms. The second-order valence-electron chi connectivity index (χ2n) is 7.20. The van der Waals surface area contributed by atoms with E-state index in [0.29, 0.717) is 16.9 Å². The van der Waals surface area contributed by atoms with Crippen LogP contribution < -0.4 is 10.9 Å². The molecule has 0 atom stereocenters. The first-order chi connectivity index (χ1) is 14.5. The lowest BCUT2D eigenvalue weighted by Crippen LogP contribution is -2.30. The zero-order chi connectivity index (χ0) is 21.3. The fourth-order valence-electron chi connectivity index (χ4n) is 3.57. The van der Waals surface area contributed by atoms with Gasteiger partial charge in [-0.05, 0) is 50.1 Å². The van der Waals surface area contributed by atoms with E-state index in [1.54, 1.807) is 4.68 Å². The third-order valence-corrected chi connectivity index (χ3v) is 5.13. The van der Waals surface area contributed by atoms with Crippen LogP contribution in [0.2, 0.25) is 0 Å². The van der Waals surface area contributed by atoms with Gasteiger partial charge in [0.05, 0.1) is 22.5 Å². The number of fused-ring (bicyclic) bond motifs is 1. The van der Waals surface area contributed by atoms with E-state index in [0.717, 1.165) is 23.2 Å². The summed E-state index contributed by atoms with van der Waals surface area (Å²) in [5.41, 5.74) is 4.16. The molecule has 0 saturated carbocycles. The van der Waals surface area contributed by atoms with Gasteiger partial charge in [0.1, 0.15) is 6.54 Å². The molecule has 2 heterocycles. The van der Waals surface area contributed by atoms with E-state index in [2.05, 4.69) is 22.4 Å². The second-order valence-corrected chi connectivity index (χ2v) is 7.20. The Balaban J connectivity index is 1.65. The molecule has 4 rings (SSSR count). The zero-order valence-electron chi connectivity index (χ0n) is 17.2. The number of carbonyl (C=O) groups is 1. The highest BCUT2D eigenvalue weighted by Gasteiger charge is 2.18. The van der Waals surface area contributed by atoms with E-state index in [9.17, 15) is 9.59 Å². The number of nitrogens with zero attached hydrogens (tertiary/aromatic N) is 4. The fourth-order valence-corrected chi connectivity index (χ4v) is 3.57. The first kappa shape index (κ1) is 19.6. The molecule has 7 heteroatoms. The van der Waals surface area contributed by atoms with Gasteiger partial charge < -0.3 is 5.32 Å². The van der Waals surface area contributed by atoms with Crippen LogP contribution in [0, 0.1) is 13.8 Å². The monoisotopic (exact) mass is 401 g/mol. The molecule has 0 saturated heterocycles. The van der Waals surface area contributed by atoms with Gasteiger partial charge in [0.15, 0.2) is 5.52 Å². The van der Waals surface area contributed by atoms with Gasteiger partial charge in [-0.25, -0.2) is 9.36 Å². The Hall–Kier alpha value is -3.74. The number of amides is 1. The van der Waals surface area contributed by atoms with Crippen LogP contribution in [0.1, 0.15) is 23.9 Å². The van der Waals surface area contributed by atoms with Gasteiger partial charge in [-0.2, -0.15) is 10.2 Å². The minimum Gasteiger partial charge on any atom is -0.324 e. The Morgan fingerprint density at radius 1 is 1.00 bits per heavy atom. The lowest BCUT2D eigenvalue weighted by Gasteiger charge is -2.08. The van der Waals surface area contributed by atoms with Crippen molar-refractivity contribution in [2.75, 3.05) is 5.32 Å². The van der Waals surface area contributed by atoms with Crippen LogP contribution in [0.25, 0.3) is 16.6 Å². The number of anilines is 1. The van der Waals surface area contributed by atoms with Crippen LogP contribution in [0.5, 0.6) is 0 Å². The molecule has 4 aromatic rings. The minimum atomic E-state index is -0.384. The number of hydrogen-bond donors (Lipinski definition) is 1. The molecule has 0 spiro atoms. The minimum absolute atomic E-state index is 0.178. The lowest BCUT2D eigenvalue weighted by atomic mass is 10.1. The molecule has 152 valence electrons. The van der Waals surface area contributed by atoms with Gasteiger partial charge in [0.2, 0.25) is 5.91 Å². The SMILES string of the molecule is CCc1ccc(NC(=O)Cn2nc(C)c3c(C)n(-c4ccccc4)nc3c2=O)cc1. The van der Waals surface area contributed by atoms with E-state index in [1.807, 2.05) is 68.4 Å². The van der Waals surface area contributed by atoms with Gasteiger partial charge >= 0.3 is 0 Å². The van der Waals surface area contributed by atoms with Crippen LogP contribution in [-0.4, -0.2) is 25.5 Å². The summed E-state index contributed by atoms with van der Waals surface area (Å²) in [6.45, 7) is 5.63. The van der Waals surface area contributed by atoms with E-state index in [-0.39, 0.29) is 18.0 Å². The lowest BCUT2D eigenvalue weighted by molar-refractivity contribution is -0.117. The number of benzene rings is 2. The zero-order valence-corrected chi connectivity index (χ0v) is 17.2. The summed E-state index contributed by atoms with van der Waals surface area (Å²) in [7, 11) is 0. The average molecular weight is 401 g/mol. The molecule has 0 radical (unpaired) electrons. The number of nitrogens with one attached hydrogen (secondary N) is 1. The van der Waals surface area contributed by atoms with E-state index in [1.165, 1.54) is 10.2 Å². The van der Waals surface area contributed by atoms with Crippen LogP contribution in [0.4, 0.5) is 5.69 Å². The number of aryl methyl sites for hydroxylation is 3. The molecule has 2 aromatic heterocycles. The highest BCUT2D eigenvalue weighted by molar-refractivity contribution is 5.91. The Labute approximate surface area is 174 Å². The molecule has 2 aromatic carbocycles. The normalized spacial score (nSPS) is 11.0. The predicted octanol–water partition coefficient (Wildman–Crippen LogP) is 3.40. The number of rotatable bonds is 5. The predicted molar refractivity (Wildman–Crippen MR) is 117 cm³/mol. The van der Waals surface area contributed by atoms with Crippen LogP contribution in [0.15, 0.2) is 59.4 Å². The van der Waals surface area contributed by atoms with Crippen molar-refractivity contribution in [2.24, 2.45) is 0 Å². The van der Waals surface area contributed by atoms with Crippen molar-refractivity contribution in [2.45, 2.75) is 33.7 Å².